The normalized spacial score (nSPS) is 20.2. The van der Waals surface area contributed by atoms with Crippen molar-refractivity contribution in [3.05, 3.63) is 18.2 Å². The highest BCUT2D eigenvalue weighted by atomic mass is 32.2. The molecule has 1 aliphatic rings. The summed E-state index contributed by atoms with van der Waals surface area (Å²) in [6.45, 7) is 2.46. The van der Waals surface area contributed by atoms with E-state index in [-0.39, 0.29) is 5.94 Å². The van der Waals surface area contributed by atoms with Crippen LogP contribution in [0.3, 0.4) is 0 Å². The van der Waals surface area contributed by atoms with Crippen molar-refractivity contribution < 1.29 is 13.2 Å². The monoisotopic (exact) mass is 229 g/mol. The molecule has 0 N–H and O–H groups in total. The molecule has 0 spiro atoms. The third kappa shape index (κ3) is 2.07. The Morgan fingerprint density at radius 1 is 1.40 bits per heavy atom. The second-order valence-corrected chi connectivity index (χ2v) is 5.04. The van der Waals surface area contributed by atoms with Crippen LogP contribution in [-0.2, 0) is 14.8 Å². The van der Waals surface area contributed by atoms with Gasteiger partial charge in [-0.05, 0) is 6.92 Å². The largest absolute Gasteiger partial charge is 0.362 e. The van der Waals surface area contributed by atoms with E-state index in [1.807, 2.05) is 0 Å². The zero-order valence-corrected chi connectivity index (χ0v) is 9.07. The minimum Gasteiger partial charge on any atom is -0.362 e. The smallest absolute Gasteiger partial charge is 0.259 e. The predicted molar refractivity (Wildman–Crippen MR) is 53.9 cm³/mol. The van der Waals surface area contributed by atoms with Gasteiger partial charge in [0.25, 0.3) is 10.0 Å². The number of aromatic nitrogens is 2. The lowest BCUT2D eigenvalue weighted by Gasteiger charge is -2.27. The molecule has 1 aliphatic heterocycles. The summed E-state index contributed by atoms with van der Waals surface area (Å²) >= 11 is 0. The maximum atomic E-state index is 11.6. The first-order chi connectivity index (χ1) is 7.09. The van der Waals surface area contributed by atoms with Gasteiger partial charge in [0.1, 0.15) is 5.82 Å². The summed E-state index contributed by atoms with van der Waals surface area (Å²) in [7, 11) is -3.36. The van der Waals surface area contributed by atoms with Gasteiger partial charge >= 0.3 is 0 Å². The minimum atomic E-state index is -3.36. The Bertz CT molecular complexity index is 443. The molecule has 0 saturated carbocycles. The van der Waals surface area contributed by atoms with Gasteiger partial charge in [0.2, 0.25) is 0 Å². The second-order valence-electron chi connectivity index (χ2n) is 3.20. The fraction of sp³-hybridized carbons (Fsp3) is 0.500. The topological polar surface area (TPSA) is 72.4 Å². The first kappa shape index (κ1) is 10.3. The van der Waals surface area contributed by atoms with Gasteiger partial charge in [0, 0.05) is 0 Å². The van der Waals surface area contributed by atoms with Crippen LogP contribution in [0, 0.1) is 6.92 Å². The minimum absolute atomic E-state index is 0.277. The van der Waals surface area contributed by atoms with Gasteiger partial charge in [-0.15, -0.1) is 0 Å². The SMILES string of the molecule is Cc1ncc(N2CCOCS2(=O)=O)cn1. The van der Waals surface area contributed by atoms with E-state index in [0.29, 0.717) is 24.7 Å². The molecule has 15 heavy (non-hydrogen) atoms. The van der Waals surface area contributed by atoms with E-state index in [1.165, 1.54) is 16.7 Å². The number of anilines is 1. The third-order valence-electron chi connectivity index (χ3n) is 2.06. The molecule has 1 aromatic heterocycles. The van der Waals surface area contributed by atoms with Crippen molar-refractivity contribution in [2.24, 2.45) is 0 Å². The quantitative estimate of drug-likeness (QED) is 0.673. The van der Waals surface area contributed by atoms with Crippen LogP contribution in [0.5, 0.6) is 0 Å². The molecule has 0 aliphatic carbocycles. The van der Waals surface area contributed by atoms with Gasteiger partial charge in [-0.3, -0.25) is 4.31 Å². The van der Waals surface area contributed by atoms with Gasteiger partial charge < -0.3 is 4.74 Å². The summed E-state index contributed by atoms with van der Waals surface area (Å²) in [5, 5.41) is 0. The van der Waals surface area contributed by atoms with E-state index in [9.17, 15) is 8.42 Å². The number of sulfonamides is 1. The van der Waals surface area contributed by atoms with Crippen molar-refractivity contribution >= 4 is 15.7 Å². The molecule has 1 fully saturated rings. The Hall–Kier alpha value is -1.21. The van der Waals surface area contributed by atoms with Crippen LogP contribution in [-0.4, -0.2) is 37.5 Å². The van der Waals surface area contributed by atoms with Crippen molar-refractivity contribution in [3.8, 4) is 0 Å². The first-order valence-electron chi connectivity index (χ1n) is 4.46. The predicted octanol–water partition coefficient (Wildman–Crippen LogP) is -0.0911. The lowest BCUT2D eigenvalue weighted by Crippen LogP contribution is -2.41. The van der Waals surface area contributed by atoms with Crippen LogP contribution in [0.4, 0.5) is 5.69 Å². The van der Waals surface area contributed by atoms with Crippen LogP contribution in [0.1, 0.15) is 5.82 Å². The highest BCUT2D eigenvalue weighted by Gasteiger charge is 2.26. The molecular formula is C8H11N3O3S. The lowest BCUT2D eigenvalue weighted by molar-refractivity contribution is 0.175. The standard InChI is InChI=1S/C8H11N3O3S/c1-7-9-4-8(5-10-7)11-2-3-14-6-15(11,12)13/h4-5H,2-3,6H2,1H3. The third-order valence-corrected chi connectivity index (χ3v) is 3.59. The second kappa shape index (κ2) is 3.74. The van der Waals surface area contributed by atoms with Gasteiger partial charge in [0.05, 0.1) is 31.2 Å². The van der Waals surface area contributed by atoms with E-state index >= 15 is 0 Å². The van der Waals surface area contributed by atoms with Crippen LogP contribution < -0.4 is 4.31 Å². The lowest BCUT2D eigenvalue weighted by atomic mass is 10.5. The molecule has 82 valence electrons. The van der Waals surface area contributed by atoms with Gasteiger partial charge in [-0.25, -0.2) is 18.4 Å². The Morgan fingerprint density at radius 3 is 2.67 bits per heavy atom. The van der Waals surface area contributed by atoms with Crippen LogP contribution in [0.2, 0.25) is 0 Å². The van der Waals surface area contributed by atoms with E-state index in [4.69, 9.17) is 4.74 Å². The van der Waals surface area contributed by atoms with Crippen molar-refractivity contribution in [1.29, 1.82) is 0 Å². The van der Waals surface area contributed by atoms with Crippen molar-refractivity contribution in [2.45, 2.75) is 6.92 Å². The molecule has 1 aromatic rings. The van der Waals surface area contributed by atoms with Gasteiger partial charge in [0.15, 0.2) is 5.94 Å². The molecule has 6 nitrogen and oxygen atoms in total. The fourth-order valence-corrected chi connectivity index (χ4v) is 2.54. The van der Waals surface area contributed by atoms with E-state index in [2.05, 4.69) is 9.97 Å². The van der Waals surface area contributed by atoms with Crippen LogP contribution in [0.25, 0.3) is 0 Å². The molecule has 7 heteroatoms. The maximum Gasteiger partial charge on any atom is 0.259 e. The Labute approximate surface area is 88.0 Å². The van der Waals surface area contributed by atoms with Crippen LogP contribution in [0.15, 0.2) is 12.4 Å². The number of hydrogen-bond donors (Lipinski definition) is 0. The summed E-state index contributed by atoms with van der Waals surface area (Å²) in [5.41, 5.74) is 0.490. The van der Waals surface area contributed by atoms with Gasteiger partial charge in [-0.2, -0.15) is 0 Å². The highest BCUT2D eigenvalue weighted by molar-refractivity contribution is 7.92. The molecule has 2 rings (SSSR count). The number of nitrogens with zero attached hydrogens (tertiary/aromatic N) is 3. The summed E-state index contributed by atoms with van der Waals surface area (Å²) in [6, 6.07) is 0. The Kier molecular flexibility index (Phi) is 2.57. The molecule has 0 amide bonds. The van der Waals surface area contributed by atoms with Crippen molar-refractivity contribution in [1.82, 2.24) is 9.97 Å². The van der Waals surface area contributed by atoms with E-state index < -0.39 is 10.0 Å². The van der Waals surface area contributed by atoms with Gasteiger partial charge in [-0.1, -0.05) is 0 Å². The molecule has 0 atom stereocenters. The Balaban J connectivity index is 2.33. The van der Waals surface area contributed by atoms with Crippen molar-refractivity contribution in [2.75, 3.05) is 23.4 Å². The number of rotatable bonds is 1. The molecule has 0 unspecified atom stereocenters. The van der Waals surface area contributed by atoms with Crippen molar-refractivity contribution in [3.63, 3.8) is 0 Å². The summed E-state index contributed by atoms with van der Waals surface area (Å²) in [5.74, 6) is 0.338. The van der Waals surface area contributed by atoms with E-state index in [0.717, 1.165) is 0 Å². The zero-order valence-electron chi connectivity index (χ0n) is 8.25. The fourth-order valence-electron chi connectivity index (χ4n) is 1.32. The first-order valence-corrected chi connectivity index (χ1v) is 6.07. The molecule has 0 aromatic carbocycles. The summed E-state index contributed by atoms with van der Waals surface area (Å²) in [4.78, 5) is 7.92. The summed E-state index contributed by atoms with van der Waals surface area (Å²) < 4.78 is 29.4. The number of aryl methyl sites for hydroxylation is 1. The zero-order chi connectivity index (χ0) is 10.9. The molecule has 0 bridgehead atoms. The van der Waals surface area contributed by atoms with Crippen LogP contribution >= 0.6 is 0 Å². The average molecular weight is 229 g/mol. The average Bonchev–Trinajstić information content (AvgIpc) is 2.19. The molecule has 0 radical (unpaired) electrons. The van der Waals surface area contributed by atoms with E-state index in [1.54, 1.807) is 6.92 Å². The highest BCUT2D eigenvalue weighted by Crippen LogP contribution is 2.18. The summed E-state index contributed by atoms with van der Waals surface area (Å²) in [6.07, 6.45) is 3.01. The number of hydrogen-bond acceptors (Lipinski definition) is 5. The Morgan fingerprint density at radius 2 is 2.07 bits per heavy atom. The molecule has 1 saturated heterocycles. The molecular weight excluding hydrogens is 218 g/mol. The molecule has 2 heterocycles. The maximum absolute atomic E-state index is 11.6. The number of ether oxygens (including phenoxy) is 1.